The molecule has 0 spiro atoms. The number of carbonyl (C=O) groups is 1. The Kier molecular flexibility index (Phi) is 7.38. The fraction of sp³-hybridized carbons (Fsp3) is 0.500. The molecule has 7 heteroatoms. The second-order valence-electron chi connectivity index (χ2n) is 8.27. The van der Waals surface area contributed by atoms with Crippen molar-refractivity contribution >= 4 is 5.91 Å². The van der Waals surface area contributed by atoms with Crippen molar-refractivity contribution < 1.29 is 14.3 Å². The fourth-order valence-electron chi connectivity index (χ4n) is 4.19. The maximum absolute atomic E-state index is 12.4. The molecular weight excluding hydrogens is 392 g/mol. The van der Waals surface area contributed by atoms with E-state index in [2.05, 4.69) is 26.9 Å². The van der Waals surface area contributed by atoms with E-state index in [4.69, 9.17) is 9.47 Å². The molecule has 2 aliphatic heterocycles. The molecule has 0 unspecified atom stereocenters. The lowest BCUT2D eigenvalue weighted by Crippen LogP contribution is -2.49. The van der Waals surface area contributed by atoms with Crippen LogP contribution in [0.2, 0.25) is 0 Å². The topological polar surface area (TPSA) is 58.1 Å². The molecule has 2 fully saturated rings. The molecule has 0 bridgehead atoms. The van der Waals surface area contributed by atoms with E-state index in [1.807, 2.05) is 23.1 Å². The molecule has 1 amide bonds. The van der Waals surface area contributed by atoms with Gasteiger partial charge in [0.25, 0.3) is 0 Å². The first-order valence-corrected chi connectivity index (χ1v) is 11.1. The van der Waals surface area contributed by atoms with E-state index in [9.17, 15) is 4.79 Å². The highest BCUT2D eigenvalue weighted by Gasteiger charge is 2.23. The van der Waals surface area contributed by atoms with Gasteiger partial charge < -0.3 is 14.4 Å². The Labute approximate surface area is 184 Å². The molecule has 0 N–H and O–H groups in total. The molecule has 31 heavy (non-hydrogen) atoms. The summed E-state index contributed by atoms with van der Waals surface area (Å²) in [5.74, 6) is 1.78. The normalized spacial score (nSPS) is 17.6. The summed E-state index contributed by atoms with van der Waals surface area (Å²) in [6.45, 7) is 7.58. The number of likely N-dealkylation sites (tertiary alicyclic amines) is 1. The summed E-state index contributed by atoms with van der Waals surface area (Å²) in [6.07, 6.45) is 5.83. The second kappa shape index (κ2) is 10.6. The Morgan fingerprint density at radius 2 is 1.61 bits per heavy atom. The third-order valence-corrected chi connectivity index (χ3v) is 6.06. The van der Waals surface area contributed by atoms with Gasteiger partial charge in [0.05, 0.1) is 13.7 Å². The number of aromatic nitrogens is 1. The lowest BCUT2D eigenvalue weighted by molar-refractivity contribution is -0.131. The number of piperazine rings is 1. The van der Waals surface area contributed by atoms with Crippen molar-refractivity contribution in [3.05, 3.63) is 53.9 Å². The zero-order valence-corrected chi connectivity index (χ0v) is 18.3. The predicted molar refractivity (Wildman–Crippen MR) is 119 cm³/mol. The van der Waals surface area contributed by atoms with E-state index in [0.717, 1.165) is 75.7 Å². The van der Waals surface area contributed by atoms with Crippen molar-refractivity contribution in [1.82, 2.24) is 19.7 Å². The van der Waals surface area contributed by atoms with E-state index in [1.54, 1.807) is 19.5 Å². The largest absolute Gasteiger partial charge is 0.493 e. The second-order valence-corrected chi connectivity index (χ2v) is 8.27. The number of carbonyl (C=O) groups excluding carboxylic acids is 1. The molecule has 0 aliphatic carbocycles. The molecule has 3 heterocycles. The van der Waals surface area contributed by atoms with Crippen LogP contribution in [-0.4, -0.2) is 78.5 Å². The Morgan fingerprint density at radius 3 is 2.32 bits per heavy atom. The molecule has 2 saturated heterocycles. The number of benzene rings is 1. The third kappa shape index (κ3) is 5.95. The van der Waals surface area contributed by atoms with Gasteiger partial charge >= 0.3 is 0 Å². The van der Waals surface area contributed by atoms with Crippen LogP contribution >= 0.6 is 0 Å². The highest BCUT2D eigenvalue weighted by molar-refractivity contribution is 5.78. The van der Waals surface area contributed by atoms with E-state index in [0.29, 0.717) is 13.2 Å². The maximum Gasteiger partial charge on any atom is 0.236 e. The van der Waals surface area contributed by atoms with Gasteiger partial charge in [0.1, 0.15) is 6.61 Å². The van der Waals surface area contributed by atoms with Crippen molar-refractivity contribution in [1.29, 1.82) is 0 Å². The SMILES string of the molecule is COc1cc(CN2CCN(CC(=O)N3CCCC3)CC2)ccc1OCc1ccncc1. The monoisotopic (exact) mass is 424 g/mol. The van der Waals surface area contributed by atoms with Crippen LogP contribution in [0.25, 0.3) is 0 Å². The number of methoxy groups -OCH3 is 1. The summed E-state index contributed by atoms with van der Waals surface area (Å²) >= 11 is 0. The average molecular weight is 425 g/mol. The first kappa shape index (κ1) is 21.6. The molecule has 166 valence electrons. The van der Waals surface area contributed by atoms with Gasteiger partial charge in [-0.15, -0.1) is 0 Å². The highest BCUT2D eigenvalue weighted by atomic mass is 16.5. The van der Waals surface area contributed by atoms with Crippen LogP contribution in [0, 0.1) is 0 Å². The van der Waals surface area contributed by atoms with E-state index >= 15 is 0 Å². The van der Waals surface area contributed by atoms with Gasteiger partial charge in [0.2, 0.25) is 5.91 Å². The summed E-state index contributed by atoms with van der Waals surface area (Å²) in [5.41, 5.74) is 2.27. The van der Waals surface area contributed by atoms with Gasteiger partial charge in [0, 0.05) is 58.2 Å². The van der Waals surface area contributed by atoms with Gasteiger partial charge in [-0.1, -0.05) is 6.07 Å². The van der Waals surface area contributed by atoms with Crippen molar-refractivity contribution in [3.8, 4) is 11.5 Å². The van der Waals surface area contributed by atoms with Crippen molar-refractivity contribution in [2.75, 3.05) is 52.9 Å². The molecule has 2 aliphatic rings. The number of ether oxygens (including phenoxy) is 2. The molecule has 1 aromatic carbocycles. The van der Waals surface area contributed by atoms with Crippen LogP contribution in [0.4, 0.5) is 0 Å². The number of amides is 1. The van der Waals surface area contributed by atoms with Crippen molar-refractivity contribution in [2.24, 2.45) is 0 Å². The fourth-order valence-corrected chi connectivity index (χ4v) is 4.19. The maximum atomic E-state index is 12.4. The lowest BCUT2D eigenvalue weighted by atomic mass is 10.1. The van der Waals surface area contributed by atoms with Gasteiger partial charge in [-0.2, -0.15) is 0 Å². The van der Waals surface area contributed by atoms with Gasteiger partial charge in [-0.05, 0) is 48.2 Å². The zero-order valence-electron chi connectivity index (χ0n) is 18.3. The minimum Gasteiger partial charge on any atom is -0.493 e. The van der Waals surface area contributed by atoms with E-state index < -0.39 is 0 Å². The number of pyridine rings is 1. The summed E-state index contributed by atoms with van der Waals surface area (Å²) in [7, 11) is 1.68. The van der Waals surface area contributed by atoms with Gasteiger partial charge in [-0.25, -0.2) is 0 Å². The Hall–Kier alpha value is -2.64. The minimum absolute atomic E-state index is 0.290. The molecular formula is C24H32N4O3. The van der Waals surface area contributed by atoms with Crippen LogP contribution in [0.1, 0.15) is 24.0 Å². The number of rotatable bonds is 8. The predicted octanol–water partition coefficient (Wildman–Crippen LogP) is 2.41. The minimum atomic E-state index is 0.290. The third-order valence-electron chi connectivity index (χ3n) is 6.06. The zero-order chi connectivity index (χ0) is 21.5. The first-order valence-electron chi connectivity index (χ1n) is 11.1. The molecule has 0 atom stereocenters. The van der Waals surface area contributed by atoms with E-state index in [-0.39, 0.29) is 5.91 Å². The number of hydrogen-bond acceptors (Lipinski definition) is 6. The number of hydrogen-bond donors (Lipinski definition) is 0. The quantitative estimate of drug-likeness (QED) is 0.649. The number of nitrogens with zero attached hydrogens (tertiary/aromatic N) is 4. The summed E-state index contributed by atoms with van der Waals surface area (Å²) in [6, 6.07) is 10.0. The van der Waals surface area contributed by atoms with Crippen LogP contribution in [-0.2, 0) is 17.9 Å². The van der Waals surface area contributed by atoms with Crippen LogP contribution < -0.4 is 9.47 Å². The first-order chi connectivity index (χ1) is 15.2. The van der Waals surface area contributed by atoms with Crippen LogP contribution in [0.5, 0.6) is 11.5 Å². The molecule has 4 rings (SSSR count). The van der Waals surface area contributed by atoms with Gasteiger partial charge in [0.15, 0.2) is 11.5 Å². The van der Waals surface area contributed by atoms with Crippen molar-refractivity contribution in [3.63, 3.8) is 0 Å². The van der Waals surface area contributed by atoms with Gasteiger partial charge in [-0.3, -0.25) is 19.6 Å². The molecule has 7 nitrogen and oxygen atoms in total. The standard InChI is InChI=1S/C24H32N4O3/c1-30-23-16-21(4-5-22(23)31-19-20-6-8-25-9-7-20)17-26-12-14-27(15-13-26)18-24(29)28-10-2-3-11-28/h4-9,16H,2-3,10-15,17-19H2,1H3. The Balaban J connectivity index is 1.26. The smallest absolute Gasteiger partial charge is 0.236 e. The Bertz CT molecular complexity index is 847. The van der Waals surface area contributed by atoms with Crippen molar-refractivity contribution in [2.45, 2.75) is 26.0 Å². The lowest BCUT2D eigenvalue weighted by Gasteiger charge is -2.35. The van der Waals surface area contributed by atoms with E-state index in [1.165, 1.54) is 5.56 Å². The van der Waals surface area contributed by atoms with Crippen LogP contribution in [0.15, 0.2) is 42.7 Å². The molecule has 1 aromatic heterocycles. The molecule has 0 radical (unpaired) electrons. The molecule has 0 saturated carbocycles. The summed E-state index contributed by atoms with van der Waals surface area (Å²) in [5, 5.41) is 0. The summed E-state index contributed by atoms with van der Waals surface area (Å²) in [4.78, 5) is 23.1. The average Bonchev–Trinajstić information content (AvgIpc) is 3.35. The summed E-state index contributed by atoms with van der Waals surface area (Å²) < 4.78 is 11.5. The Morgan fingerprint density at radius 1 is 0.903 bits per heavy atom. The molecule has 2 aromatic rings. The highest BCUT2D eigenvalue weighted by Crippen LogP contribution is 2.29. The van der Waals surface area contributed by atoms with Crippen LogP contribution in [0.3, 0.4) is 0 Å².